The van der Waals surface area contributed by atoms with E-state index in [0.717, 1.165) is 6.07 Å². The van der Waals surface area contributed by atoms with Crippen molar-refractivity contribution in [2.45, 2.75) is 0 Å². The largest absolute Gasteiger partial charge is 0.493 e. The minimum atomic E-state index is -1.07. The van der Waals surface area contributed by atoms with Gasteiger partial charge in [0.05, 0.1) is 31.5 Å². The maximum Gasteiger partial charge on any atom is 0.171 e. The second-order valence-corrected chi connectivity index (χ2v) is 3.48. The Balaban J connectivity index is 2.79. The third-order valence-electron chi connectivity index (χ3n) is 2.50. The van der Waals surface area contributed by atoms with Gasteiger partial charge in [0.1, 0.15) is 5.82 Å². The Hall–Kier alpha value is -2.31. The molecule has 0 atom stereocenters. The first-order valence-electron chi connectivity index (χ1n) is 4.99. The molecule has 1 aromatic carbocycles. The molecule has 96 valence electrons. The first-order valence-corrected chi connectivity index (χ1v) is 4.99. The maximum absolute atomic E-state index is 13.9. The van der Waals surface area contributed by atoms with Gasteiger partial charge in [-0.15, -0.1) is 0 Å². The van der Waals surface area contributed by atoms with E-state index in [4.69, 9.17) is 15.2 Å². The molecule has 3 N–H and O–H groups in total. The van der Waals surface area contributed by atoms with Crippen LogP contribution in [0.1, 0.15) is 0 Å². The van der Waals surface area contributed by atoms with Crippen LogP contribution >= 0.6 is 0 Å². The minimum Gasteiger partial charge on any atom is -0.493 e. The molecule has 18 heavy (non-hydrogen) atoms. The molecular weight excluding hydrogens is 244 g/mol. The van der Waals surface area contributed by atoms with Crippen LogP contribution in [0.15, 0.2) is 12.3 Å². The molecule has 0 aliphatic heterocycles. The average molecular weight is 255 g/mol. The summed E-state index contributed by atoms with van der Waals surface area (Å²) in [6.07, 6.45) is 1.29. The highest BCUT2D eigenvalue weighted by molar-refractivity contribution is 5.80. The highest BCUT2D eigenvalue weighted by atomic mass is 19.2. The zero-order valence-corrected chi connectivity index (χ0v) is 9.75. The molecule has 0 aliphatic rings. The fraction of sp³-hybridized carbons (Fsp3) is 0.182. The van der Waals surface area contributed by atoms with E-state index >= 15 is 0 Å². The van der Waals surface area contributed by atoms with E-state index in [2.05, 4.69) is 10.2 Å². The van der Waals surface area contributed by atoms with Crippen molar-refractivity contribution in [3.05, 3.63) is 23.9 Å². The summed E-state index contributed by atoms with van der Waals surface area (Å²) in [4.78, 5) is 0. The van der Waals surface area contributed by atoms with Crippen molar-refractivity contribution in [2.75, 3.05) is 20.0 Å². The molecule has 0 saturated heterocycles. The van der Waals surface area contributed by atoms with Crippen LogP contribution in [0.25, 0.3) is 11.1 Å². The van der Waals surface area contributed by atoms with Gasteiger partial charge in [-0.25, -0.2) is 8.78 Å². The molecule has 2 rings (SSSR count). The number of H-pyrrole nitrogens is 1. The van der Waals surface area contributed by atoms with Crippen molar-refractivity contribution >= 4 is 5.82 Å². The molecule has 0 bridgehead atoms. The lowest BCUT2D eigenvalue weighted by Crippen LogP contribution is -2.00. The van der Waals surface area contributed by atoms with Gasteiger partial charge in [0.25, 0.3) is 0 Å². The van der Waals surface area contributed by atoms with Gasteiger partial charge < -0.3 is 15.2 Å². The van der Waals surface area contributed by atoms with Crippen LogP contribution in [0.5, 0.6) is 11.5 Å². The van der Waals surface area contributed by atoms with Crippen LogP contribution < -0.4 is 15.2 Å². The third-order valence-corrected chi connectivity index (χ3v) is 2.50. The highest BCUT2D eigenvalue weighted by Gasteiger charge is 2.23. The number of ether oxygens (including phenoxy) is 2. The molecule has 0 unspecified atom stereocenters. The van der Waals surface area contributed by atoms with Crippen molar-refractivity contribution in [3.8, 4) is 22.6 Å². The van der Waals surface area contributed by atoms with E-state index in [-0.39, 0.29) is 28.4 Å². The zero-order chi connectivity index (χ0) is 13.3. The van der Waals surface area contributed by atoms with Crippen LogP contribution in [0.3, 0.4) is 0 Å². The first kappa shape index (κ1) is 12.2. The van der Waals surface area contributed by atoms with Crippen LogP contribution in [0.2, 0.25) is 0 Å². The van der Waals surface area contributed by atoms with Gasteiger partial charge in [-0.05, 0) is 0 Å². The quantitative estimate of drug-likeness (QED) is 0.879. The van der Waals surface area contributed by atoms with E-state index in [1.54, 1.807) is 0 Å². The molecule has 0 radical (unpaired) electrons. The molecule has 2 aromatic rings. The monoisotopic (exact) mass is 255 g/mol. The molecule has 7 heteroatoms. The number of nitrogens with zero attached hydrogens (tertiary/aromatic N) is 1. The fourth-order valence-corrected chi connectivity index (χ4v) is 1.68. The van der Waals surface area contributed by atoms with E-state index in [1.165, 1.54) is 20.4 Å². The first-order chi connectivity index (χ1) is 8.60. The van der Waals surface area contributed by atoms with E-state index < -0.39 is 11.6 Å². The number of aromatic nitrogens is 2. The van der Waals surface area contributed by atoms with Crippen molar-refractivity contribution in [3.63, 3.8) is 0 Å². The van der Waals surface area contributed by atoms with E-state index in [9.17, 15) is 8.78 Å². The Labute approximate surface area is 102 Å². The van der Waals surface area contributed by atoms with Gasteiger partial charge >= 0.3 is 0 Å². The highest BCUT2D eigenvalue weighted by Crippen LogP contribution is 2.42. The standard InChI is InChI=1S/C11H11F2N3O2/c1-17-7-3-6(12)9(13)8(10(7)18-2)5-4-15-16-11(5)14/h3-4H,1-2H3,(H3,14,15,16). The summed E-state index contributed by atoms with van der Waals surface area (Å²) in [6, 6.07) is 0.911. The third kappa shape index (κ3) is 1.73. The smallest absolute Gasteiger partial charge is 0.171 e. The van der Waals surface area contributed by atoms with Crippen molar-refractivity contribution < 1.29 is 18.3 Å². The lowest BCUT2D eigenvalue weighted by Gasteiger charge is -2.13. The summed E-state index contributed by atoms with van der Waals surface area (Å²) < 4.78 is 37.4. The molecule has 0 spiro atoms. The lowest BCUT2D eigenvalue weighted by atomic mass is 10.1. The topological polar surface area (TPSA) is 73.2 Å². The lowest BCUT2D eigenvalue weighted by molar-refractivity contribution is 0.349. The van der Waals surface area contributed by atoms with Crippen molar-refractivity contribution in [1.29, 1.82) is 0 Å². The molecule has 0 amide bonds. The van der Waals surface area contributed by atoms with Gasteiger partial charge in [0.15, 0.2) is 23.1 Å². The number of hydrogen-bond acceptors (Lipinski definition) is 4. The van der Waals surface area contributed by atoms with Crippen LogP contribution in [-0.4, -0.2) is 24.4 Å². The average Bonchev–Trinajstić information content (AvgIpc) is 2.78. The second-order valence-electron chi connectivity index (χ2n) is 3.48. The molecule has 1 heterocycles. The van der Waals surface area contributed by atoms with Crippen LogP contribution in [0.4, 0.5) is 14.6 Å². The minimum absolute atomic E-state index is 0.0597. The summed E-state index contributed by atoms with van der Waals surface area (Å²) in [5.74, 6) is -1.87. The number of aromatic amines is 1. The van der Waals surface area contributed by atoms with Gasteiger partial charge in [0, 0.05) is 6.07 Å². The van der Waals surface area contributed by atoms with Gasteiger partial charge in [-0.1, -0.05) is 0 Å². The van der Waals surface area contributed by atoms with E-state index in [0.29, 0.717) is 0 Å². The maximum atomic E-state index is 13.9. The predicted molar refractivity (Wildman–Crippen MR) is 61.5 cm³/mol. The number of anilines is 1. The predicted octanol–water partition coefficient (Wildman–Crippen LogP) is 1.95. The number of halogens is 2. The normalized spacial score (nSPS) is 10.4. The zero-order valence-electron chi connectivity index (χ0n) is 9.75. The summed E-state index contributed by atoms with van der Waals surface area (Å²) in [5, 5.41) is 6.11. The van der Waals surface area contributed by atoms with Gasteiger partial charge in [0.2, 0.25) is 0 Å². The van der Waals surface area contributed by atoms with Crippen molar-refractivity contribution in [2.24, 2.45) is 0 Å². The number of methoxy groups -OCH3 is 2. The van der Waals surface area contributed by atoms with E-state index in [1.807, 2.05) is 0 Å². The van der Waals surface area contributed by atoms with Crippen molar-refractivity contribution in [1.82, 2.24) is 10.2 Å². The van der Waals surface area contributed by atoms with Crippen LogP contribution in [0, 0.1) is 11.6 Å². The molecule has 0 saturated carbocycles. The number of nitrogens with one attached hydrogen (secondary N) is 1. The SMILES string of the molecule is COc1cc(F)c(F)c(-c2cn[nH]c2N)c1OC. The summed E-state index contributed by atoms with van der Waals surface area (Å²) in [5.41, 5.74) is 5.69. The number of nitrogen functional groups attached to an aromatic ring is 1. The fourth-order valence-electron chi connectivity index (χ4n) is 1.68. The molecule has 0 fully saturated rings. The number of nitrogens with two attached hydrogens (primary N) is 1. The second kappa shape index (κ2) is 4.52. The number of benzene rings is 1. The van der Waals surface area contributed by atoms with Gasteiger partial charge in [-0.2, -0.15) is 5.10 Å². The number of rotatable bonds is 3. The Kier molecular flexibility index (Phi) is 3.05. The molecular formula is C11H11F2N3O2. The molecule has 1 aromatic heterocycles. The summed E-state index contributed by atoms with van der Waals surface area (Å²) in [6.45, 7) is 0. The Morgan fingerprint density at radius 3 is 2.50 bits per heavy atom. The molecule has 0 aliphatic carbocycles. The Morgan fingerprint density at radius 2 is 2.00 bits per heavy atom. The summed E-state index contributed by atoms with van der Waals surface area (Å²) >= 11 is 0. The van der Waals surface area contributed by atoms with Crippen LogP contribution in [-0.2, 0) is 0 Å². The number of hydrogen-bond donors (Lipinski definition) is 2. The Morgan fingerprint density at radius 1 is 1.28 bits per heavy atom. The molecule has 5 nitrogen and oxygen atoms in total. The van der Waals surface area contributed by atoms with Gasteiger partial charge in [-0.3, -0.25) is 5.10 Å². The Bertz CT molecular complexity index is 584. The summed E-state index contributed by atoms with van der Waals surface area (Å²) in [7, 11) is 2.66.